The third-order valence-electron chi connectivity index (χ3n) is 5.90. The lowest BCUT2D eigenvalue weighted by molar-refractivity contribution is -0.132. The van der Waals surface area contributed by atoms with E-state index in [2.05, 4.69) is 20.9 Å². The van der Waals surface area contributed by atoms with Gasteiger partial charge in [-0.1, -0.05) is 15.9 Å². The van der Waals surface area contributed by atoms with Crippen LogP contribution in [-0.4, -0.2) is 42.0 Å². The standard InChI is InChI=1S/C25H20BrN3O4/c1-28-12-13-33-20-7-2-16(14-19(20)28)23(30)21-22(15-8-10-27-11-9-15)29(25(32)24(21)31)18-5-3-17(26)4-6-18/h2-11,14,22,30H,12-13H2,1H3/b23-21-. The number of carbonyl (C=O) groups excluding carboxylic acids is 2. The average molecular weight is 506 g/mol. The number of halogens is 1. The van der Waals surface area contributed by atoms with E-state index in [1.807, 2.05) is 11.9 Å². The summed E-state index contributed by atoms with van der Waals surface area (Å²) in [5.41, 5.74) is 2.52. The van der Waals surface area contributed by atoms with Crippen molar-refractivity contribution in [2.24, 2.45) is 0 Å². The molecular weight excluding hydrogens is 486 g/mol. The van der Waals surface area contributed by atoms with Crippen LogP contribution in [0.25, 0.3) is 5.76 Å². The fourth-order valence-electron chi connectivity index (χ4n) is 4.22. The number of likely N-dealkylation sites (N-methyl/N-ethyl adjacent to an activating group) is 1. The van der Waals surface area contributed by atoms with Gasteiger partial charge < -0.3 is 14.7 Å². The number of nitrogens with zero attached hydrogens (tertiary/aromatic N) is 3. The van der Waals surface area contributed by atoms with Gasteiger partial charge in [-0.15, -0.1) is 0 Å². The Hall–Kier alpha value is -3.65. The molecule has 3 heterocycles. The van der Waals surface area contributed by atoms with Crippen LogP contribution in [0.1, 0.15) is 17.2 Å². The molecule has 1 amide bonds. The molecule has 2 aliphatic rings. The number of ketones is 1. The molecule has 7 nitrogen and oxygen atoms in total. The summed E-state index contributed by atoms with van der Waals surface area (Å²) in [5.74, 6) is -0.948. The van der Waals surface area contributed by atoms with Crippen molar-refractivity contribution >= 4 is 44.8 Å². The molecule has 1 aromatic heterocycles. The molecule has 1 atom stereocenters. The molecule has 1 unspecified atom stereocenters. The number of anilines is 2. The number of hydrogen-bond acceptors (Lipinski definition) is 6. The Morgan fingerprint density at radius 3 is 2.55 bits per heavy atom. The minimum Gasteiger partial charge on any atom is -0.507 e. The molecule has 0 spiro atoms. The van der Waals surface area contributed by atoms with E-state index < -0.39 is 17.7 Å². The van der Waals surface area contributed by atoms with Crippen LogP contribution in [0.4, 0.5) is 11.4 Å². The van der Waals surface area contributed by atoms with Gasteiger partial charge in [-0.25, -0.2) is 0 Å². The molecular formula is C25H20BrN3O4. The number of rotatable bonds is 3. The minimum atomic E-state index is -0.792. The number of ether oxygens (including phenoxy) is 1. The molecule has 0 aliphatic carbocycles. The van der Waals surface area contributed by atoms with Crippen LogP contribution in [-0.2, 0) is 9.59 Å². The first-order valence-electron chi connectivity index (χ1n) is 10.4. The fourth-order valence-corrected chi connectivity index (χ4v) is 4.48. The van der Waals surface area contributed by atoms with Gasteiger partial charge in [-0.3, -0.25) is 19.5 Å². The van der Waals surface area contributed by atoms with E-state index in [-0.39, 0.29) is 11.3 Å². The van der Waals surface area contributed by atoms with Crippen LogP contribution in [0.2, 0.25) is 0 Å². The molecule has 0 saturated carbocycles. The number of Topliss-reactive ketones (excluding diaryl/α,β-unsaturated/α-hetero) is 1. The first-order chi connectivity index (χ1) is 16.0. The van der Waals surface area contributed by atoms with Gasteiger partial charge in [-0.05, 0) is 60.2 Å². The quantitative estimate of drug-likeness (QED) is 0.324. The summed E-state index contributed by atoms with van der Waals surface area (Å²) in [6, 6.07) is 15.1. The first kappa shape index (κ1) is 21.2. The molecule has 1 saturated heterocycles. The molecule has 2 aromatic carbocycles. The number of benzene rings is 2. The van der Waals surface area contributed by atoms with E-state index in [0.29, 0.717) is 35.7 Å². The summed E-state index contributed by atoms with van der Waals surface area (Å²) >= 11 is 3.40. The lowest BCUT2D eigenvalue weighted by atomic mass is 9.95. The summed E-state index contributed by atoms with van der Waals surface area (Å²) in [7, 11) is 1.94. The second-order valence-electron chi connectivity index (χ2n) is 7.88. The second kappa shape index (κ2) is 8.37. The maximum absolute atomic E-state index is 13.2. The maximum atomic E-state index is 13.2. The number of amides is 1. The Morgan fingerprint density at radius 1 is 1.09 bits per heavy atom. The number of carbonyl (C=O) groups is 2. The Bertz CT molecular complexity index is 1270. The summed E-state index contributed by atoms with van der Waals surface area (Å²) < 4.78 is 6.54. The number of pyridine rings is 1. The minimum absolute atomic E-state index is 0.0356. The van der Waals surface area contributed by atoms with E-state index in [9.17, 15) is 14.7 Å². The Kier molecular flexibility index (Phi) is 5.38. The van der Waals surface area contributed by atoms with Gasteiger partial charge in [0.05, 0.1) is 23.8 Å². The van der Waals surface area contributed by atoms with Gasteiger partial charge in [0.2, 0.25) is 0 Å². The highest BCUT2D eigenvalue weighted by Gasteiger charge is 2.47. The predicted molar refractivity (Wildman–Crippen MR) is 128 cm³/mol. The Morgan fingerprint density at radius 2 is 1.82 bits per heavy atom. The van der Waals surface area contributed by atoms with Crippen LogP contribution in [0, 0.1) is 0 Å². The molecule has 1 fully saturated rings. The zero-order chi connectivity index (χ0) is 23.1. The largest absolute Gasteiger partial charge is 0.507 e. The van der Waals surface area contributed by atoms with Gasteiger partial charge in [0.15, 0.2) is 0 Å². The zero-order valence-corrected chi connectivity index (χ0v) is 19.3. The number of aliphatic hydroxyl groups is 1. The number of aromatic nitrogens is 1. The van der Waals surface area contributed by atoms with Crippen molar-refractivity contribution in [1.29, 1.82) is 0 Å². The van der Waals surface area contributed by atoms with Crippen molar-refractivity contribution < 1.29 is 19.4 Å². The van der Waals surface area contributed by atoms with E-state index in [1.54, 1.807) is 67.0 Å². The van der Waals surface area contributed by atoms with Crippen molar-refractivity contribution in [2.75, 3.05) is 30.0 Å². The zero-order valence-electron chi connectivity index (χ0n) is 17.7. The summed E-state index contributed by atoms with van der Waals surface area (Å²) in [5, 5.41) is 11.3. The number of aliphatic hydroxyl groups excluding tert-OH is 1. The monoisotopic (exact) mass is 505 g/mol. The SMILES string of the molecule is CN1CCOc2ccc(/C(O)=C3/C(=O)C(=O)N(c4ccc(Br)cc4)C3c3ccncc3)cc21. The van der Waals surface area contributed by atoms with Gasteiger partial charge in [0.1, 0.15) is 18.1 Å². The molecule has 0 radical (unpaired) electrons. The molecule has 8 heteroatoms. The summed E-state index contributed by atoms with van der Waals surface area (Å²) in [4.78, 5) is 33.9. The van der Waals surface area contributed by atoms with Crippen molar-refractivity contribution in [1.82, 2.24) is 4.98 Å². The first-order valence-corrected chi connectivity index (χ1v) is 11.2. The third kappa shape index (κ3) is 3.66. The Balaban J connectivity index is 1.69. The lowest BCUT2D eigenvalue weighted by Crippen LogP contribution is -2.29. The molecule has 2 aliphatic heterocycles. The second-order valence-corrected chi connectivity index (χ2v) is 8.79. The van der Waals surface area contributed by atoms with E-state index >= 15 is 0 Å². The van der Waals surface area contributed by atoms with Crippen LogP contribution >= 0.6 is 15.9 Å². The van der Waals surface area contributed by atoms with Crippen molar-refractivity contribution in [3.05, 3.63) is 88.2 Å². The summed E-state index contributed by atoms with van der Waals surface area (Å²) in [6.45, 7) is 1.29. The predicted octanol–water partition coefficient (Wildman–Crippen LogP) is 4.30. The lowest BCUT2D eigenvalue weighted by Gasteiger charge is -2.28. The van der Waals surface area contributed by atoms with E-state index in [1.165, 1.54) is 4.90 Å². The van der Waals surface area contributed by atoms with Crippen molar-refractivity contribution in [2.45, 2.75) is 6.04 Å². The number of hydrogen-bond donors (Lipinski definition) is 1. The van der Waals surface area contributed by atoms with Crippen LogP contribution in [0.3, 0.4) is 0 Å². The third-order valence-corrected chi connectivity index (χ3v) is 6.43. The van der Waals surface area contributed by atoms with Crippen LogP contribution in [0.5, 0.6) is 5.75 Å². The van der Waals surface area contributed by atoms with Gasteiger partial charge in [-0.2, -0.15) is 0 Å². The highest BCUT2D eigenvalue weighted by Crippen LogP contribution is 2.43. The van der Waals surface area contributed by atoms with Crippen LogP contribution in [0.15, 0.2) is 77.0 Å². The van der Waals surface area contributed by atoms with Crippen LogP contribution < -0.4 is 14.5 Å². The maximum Gasteiger partial charge on any atom is 0.300 e. The van der Waals surface area contributed by atoms with Crippen molar-refractivity contribution in [3.8, 4) is 5.75 Å². The molecule has 0 bridgehead atoms. The van der Waals surface area contributed by atoms with E-state index in [4.69, 9.17) is 4.74 Å². The highest BCUT2D eigenvalue weighted by atomic mass is 79.9. The molecule has 33 heavy (non-hydrogen) atoms. The highest BCUT2D eigenvalue weighted by molar-refractivity contribution is 9.10. The van der Waals surface area contributed by atoms with Gasteiger partial charge in [0, 0.05) is 35.2 Å². The fraction of sp³-hybridized carbons (Fsp3) is 0.160. The average Bonchev–Trinajstić information content (AvgIpc) is 3.10. The Labute approximate surface area is 199 Å². The van der Waals surface area contributed by atoms with Gasteiger partial charge >= 0.3 is 0 Å². The summed E-state index contributed by atoms with van der Waals surface area (Å²) in [6.07, 6.45) is 3.20. The number of fused-ring (bicyclic) bond motifs is 1. The normalized spacial score (nSPS) is 19.4. The molecule has 1 N–H and O–H groups in total. The van der Waals surface area contributed by atoms with Gasteiger partial charge in [0.25, 0.3) is 11.7 Å². The molecule has 3 aromatic rings. The van der Waals surface area contributed by atoms with Crippen molar-refractivity contribution in [3.63, 3.8) is 0 Å². The topological polar surface area (TPSA) is 83.0 Å². The molecule has 166 valence electrons. The smallest absolute Gasteiger partial charge is 0.300 e. The van der Waals surface area contributed by atoms with E-state index in [0.717, 1.165) is 10.2 Å². The molecule has 5 rings (SSSR count).